The Balaban J connectivity index is 1.59. The number of aryl methyl sites for hydroxylation is 1. The third-order valence-corrected chi connectivity index (χ3v) is 5.08. The van der Waals surface area contributed by atoms with Crippen LogP contribution in [0.3, 0.4) is 0 Å². The Labute approximate surface area is 156 Å². The van der Waals surface area contributed by atoms with Gasteiger partial charge >= 0.3 is 5.69 Å². The van der Waals surface area contributed by atoms with Gasteiger partial charge in [0, 0.05) is 18.0 Å². The van der Waals surface area contributed by atoms with Crippen molar-refractivity contribution in [3.63, 3.8) is 0 Å². The summed E-state index contributed by atoms with van der Waals surface area (Å²) >= 11 is 0. The van der Waals surface area contributed by atoms with Crippen molar-refractivity contribution in [1.82, 2.24) is 20.3 Å². The maximum Gasteiger partial charge on any atom is 0.327 e. The highest BCUT2D eigenvalue weighted by Crippen LogP contribution is 2.48. The Morgan fingerprint density at radius 2 is 1.96 bits per heavy atom. The second-order valence-electron chi connectivity index (χ2n) is 7.04. The van der Waals surface area contributed by atoms with Crippen LogP contribution in [-0.2, 0) is 5.41 Å². The van der Waals surface area contributed by atoms with Gasteiger partial charge in [0.05, 0.1) is 5.39 Å². The highest BCUT2D eigenvalue weighted by Gasteiger charge is 2.46. The summed E-state index contributed by atoms with van der Waals surface area (Å²) in [7, 11) is 0. The minimum absolute atomic E-state index is 0.0182. The molecule has 1 fully saturated rings. The third kappa shape index (κ3) is 3.08. The van der Waals surface area contributed by atoms with E-state index in [1.54, 1.807) is 6.92 Å². The number of H-pyrrole nitrogens is 2. The SMILES string of the molecule is Cc1cc(C(=O)NCC2(c3ccc(F)cc3F)CC2)nc2[nH]c(=O)[nH]c(=O)c12. The van der Waals surface area contributed by atoms with Gasteiger partial charge in [-0.15, -0.1) is 0 Å². The first kappa shape index (κ1) is 18.0. The number of halogens is 2. The van der Waals surface area contributed by atoms with E-state index in [0.717, 1.165) is 6.07 Å². The normalized spacial score (nSPS) is 14.8. The number of carbonyl (C=O) groups excluding carboxylic acids is 1. The fourth-order valence-electron chi connectivity index (χ4n) is 3.42. The van der Waals surface area contributed by atoms with E-state index in [0.29, 0.717) is 24.0 Å². The molecule has 2 heterocycles. The molecule has 4 rings (SSSR count). The minimum Gasteiger partial charge on any atom is -0.350 e. The number of nitrogens with zero attached hydrogens (tertiary/aromatic N) is 1. The molecule has 1 saturated carbocycles. The molecule has 1 amide bonds. The molecule has 0 unspecified atom stereocenters. The van der Waals surface area contributed by atoms with Gasteiger partial charge in [-0.2, -0.15) is 0 Å². The first-order chi connectivity index (χ1) is 13.3. The van der Waals surface area contributed by atoms with E-state index in [2.05, 4.69) is 20.3 Å². The van der Waals surface area contributed by atoms with E-state index in [-0.39, 0.29) is 23.3 Å². The Morgan fingerprint density at radius 1 is 1.21 bits per heavy atom. The maximum absolute atomic E-state index is 14.1. The fourth-order valence-corrected chi connectivity index (χ4v) is 3.42. The van der Waals surface area contributed by atoms with Gasteiger partial charge in [-0.05, 0) is 43.0 Å². The molecule has 0 saturated heterocycles. The molecule has 28 heavy (non-hydrogen) atoms. The molecule has 0 radical (unpaired) electrons. The van der Waals surface area contributed by atoms with Crippen molar-refractivity contribution >= 4 is 16.9 Å². The molecule has 0 bridgehead atoms. The Bertz CT molecular complexity index is 1230. The molecule has 0 aliphatic heterocycles. The van der Waals surface area contributed by atoms with Crippen LogP contribution < -0.4 is 16.6 Å². The van der Waals surface area contributed by atoms with Gasteiger partial charge < -0.3 is 5.32 Å². The first-order valence-electron chi connectivity index (χ1n) is 8.67. The minimum atomic E-state index is -0.717. The zero-order valence-corrected chi connectivity index (χ0v) is 14.9. The lowest BCUT2D eigenvalue weighted by Gasteiger charge is -2.17. The van der Waals surface area contributed by atoms with Crippen LogP contribution in [0.1, 0.15) is 34.5 Å². The summed E-state index contributed by atoms with van der Waals surface area (Å²) < 4.78 is 27.3. The van der Waals surface area contributed by atoms with Crippen molar-refractivity contribution in [2.45, 2.75) is 25.2 Å². The molecule has 0 spiro atoms. The van der Waals surface area contributed by atoms with E-state index in [1.165, 1.54) is 18.2 Å². The number of carbonyl (C=O) groups is 1. The first-order valence-corrected chi connectivity index (χ1v) is 8.67. The standard InChI is InChI=1S/C19H16F2N4O3/c1-9-6-13(23-15-14(9)17(27)25-18(28)24-15)16(26)22-8-19(4-5-19)11-3-2-10(20)7-12(11)21/h2-3,6-7H,4-5,8H2,1H3,(H,22,26)(H2,23,24,25,27,28). The number of pyridine rings is 1. The lowest BCUT2D eigenvalue weighted by Crippen LogP contribution is -2.33. The number of aromatic amines is 2. The topological polar surface area (TPSA) is 108 Å². The van der Waals surface area contributed by atoms with Gasteiger partial charge in [0.15, 0.2) is 0 Å². The molecule has 2 aromatic heterocycles. The van der Waals surface area contributed by atoms with Crippen molar-refractivity contribution in [3.05, 3.63) is 73.6 Å². The van der Waals surface area contributed by atoms with E-state index in [9.17, 15) is 23.2 Å². The quantitative estimate of drug-likeness (QED) is 0.634. The maximum atomic E-state index is 14.1. The predicted octanol–water partition coefficient (Wildman–Crippen LogP) is 1.66. The molecule has 0 atom stereocenters. The molecule has 1 aliphatic rings. The Hall–Kier alpha value is -3.36. The molecular weight excluding hydrogens is 370 g/mol. The van der Waals surface area contributed by atoms with Gasteiger partial charge in [0.25, 0.3) is 11.5 Å². The number of rotatable bonds is 4. The monoisotopic (exact) mass is 386 g/mol. The summed E-state index contributed by atoms with van der Waals surface area (Å²) in [6.45, 7) is 1.80. The number of amides is 1. The van der Waals surface area contributed by atoms with Crippen molar-refractivity contribution in [1.29, 1.82) is 0 Å². The van der Waals surface area contributed by atoms with Crippen LogP contribution in [-0.4, -0.2) is 27.4 Å². The van der Waals surface area contributed by atoms with E-state index < -0.39 is 34.2 Å². The van der Waals surface area contributed by atoms with Crippen molar-refractivity contribution < 1.29 is 13.6 Å². The summed E-state index contributed by atoms with van der Waals surface area (Å²) in [4.78, 5) is 44.5. The number of hydrogen-bond acceptors (Lipinski definition) is 4. The molecule has 1 aromatic carbocycles. The van der Waals surface area contributed by atoms with Crippen LogP contribution in [0.25, 0.3) is 11.0 Å². The number of hydrogen-bond donors (Lipinski definition) is 3. The van der Waals surface area contributed by atoms with E-state index in [4.69, 9.17) is 0 Å². The van der Waals surface area contributed by atoms with Crippen LogP contribution in [0.4, 0.5) is 8.78 Å². The second-order valence-corrected chi connectivity index (χ2v) is 7.04. The molecule has 1 aliphatic carbocycles. The average Bonchev–Trinajstić information content (AvgIpc) is 3.39. The molecule has 144 valence electrons. The summed E-state index contributed by atoms with van der Waals surface area (Å²) in [6, 6.07) is 4.88. The Kier molecular flexibility index (Phi) is 4.10. The largest absolute Gasteiger partial charge is 0.350 e. The smallest absolute Gasteiger partial charge is 0.327 e. The average molecular weight is 386 g/mol. The molecule has 3 N–H and O–H groups in total. The third-order valence-electron chi connectivity index (χ3n) is 5.08. The molecule has 7 nitrogen and oxygen atoms in total. The molecular formula is C19H16F2N4O3. The van der Waals surface area contributed by atoms with Crippen molar-refractivity contribution in [2.75, 3.05) is 6.54 Å². The highest BCUT2D eigenvalue weighted by molar-refractivity contribution is 5.95. The highest BCUT2D eigenvalue weighted by atomic mass is 19.1. The van der Waals surface area contributed by atoms with E-state index >= 15 is 0 Å². The van der Waals surface area contributed by atoms with Gasteiger partial charge in [-0.3, -0.25) is 19.6 Å². The van der Waals surface area contributed by atoms with Gasteiger partial charge in [-0.1, -0.05) is 6.07 Å². The summed E-state index contributed by atoms with van der Waals surface area (Å²) in [5.41, 5.74) is -0.965. The zero-order valence-electron chi connectivity index (χ0n) is 14.9. The lowest BCUT2D eigenvalue weighted by atomic mass is 9.95. The van der Waals surface area contributed by atoms with Crippen molar-refractivity contribution in [2.24, 2.45) is 0 Å². The molecule has 9 heteroatoms. The molecule has 3 aromatic rings. The van der Waals surface area contributed by atoms with Crippen LogP contribution in [0.2, 0.25) is 0 Å². The fraction of sp³-hybridized carbons (Fsp3) is 0.263. The van der Waals surface area contributed by atoms with Crippen LogP contribution >= 0.6 is 0 Å². The second kappa shape index (κ2) is 6.36. The summed E-state index contributed by atoms with van der Waals surface area (Å²) in [6.07, 6.45) is 1.34. The van der Waals surface area contributed by atoms with Crippen LogP contribution in [0.15, 0.2) is 33.9 Å². The number of aromatic nitrogens is 3. The predicted molar refractivity (Wildman–Crippen MR) is 97.3 cm³/mol. The van der Waals surface area contributed by atoms with E-state index in [1.807, 2.05) is 0 Å². The number of nitrogens with one attached hydrogen (secondary N) is 3. The van der Waals surface area contributed by atoms with Gasteiger partial charge in [0.1, 0.15) is 23.0 Å². The number of fused-ring (bicyclic) bond motifs is 1. The van der Waals surface area contributed by atoms with Crippen molar-refractivity contribution in [3.8, 4) is 0 Å². The van der Waals surface area contributed by atoms with Crippen LogP contribution in [0.5, 0.6) is 0 Å². The number of benzene rings is 1. The van der Waals surface area contributed by atoms with Gasteiger partial charge in [0.2, 0.25) is 0 Å². The zero-order chi connectivity index (χ0) is 20.1. The lowest BCUT2D eigenvalue weighted by molar-refractivity contribution is 0.0944. The summed E-state index contributed by atoms with van der Waals surface area (Å²) in [5.74, 6) is -1.80. The Morgan fingerprint density at radius 3 is 2.64 bits per heavy atom. The van der Waals surface area contributed by atoms with Gasteiger partial charge in [-0.25, -0.2) is 18.6 Å². The summed E-state index contributed by atoms with van der Waals surface area (Å²) in [5, 5.41) is 2.92. The van der Waals surface area contributed by atoms with Crippen LogP contribution in [0, 0.1) is 18.6 Å².